The van der Waals surface area contributed by atoms with Gasteiger partial charge in [-0.15, -0.1) is 0 Å². The Kier molecular flexibility index (Phi) is 11.6. The molecule has 2 N–H and O–H groups in total. The molecule has 4 nitrogen and oxygen atoms in total. The highest BCUT2D eigenvalue weighted by Crippen LogP contribution is 2.34. The number of hydrogen-bond acceptors (Lipinski definition) is 4. The first-order valence-corrected chi connectivity index (χ1v) is 14.8. The summed E-state index contributed by atoms with van der Waals surface area (Å²) in [5, 5.41) is 27.2. The topological polar surface area (TPSA) is 97.4 Å². The Bertz CT molecular complexity index is 1900. The summed E-state index contributed by atoms with van der Waals surface area (Å²) in [6.45, 7) is 7.45. The highest BCUT2D eigenvalue weighted by atomic mass is 14.5. The van der Waals surface area contributed by atoms with Crippen LogP contribution >= 0.6 is 0 Å². The maximum Gasteiger partial charge on any atom is 0.101 e. The first-order chi connectivity index (χ1) is 22.4. The lowest BCUT2D eigenvalue weighted by molar-refractivity contribution is 1.26. The molecule has 0 bridgehead atoms. The van der Waals surface area contributed by atoms with Crippen LogP contribution in [-0.2, 0) is 19.3 Å². The van der Waals surface area contributed by atoms with E-state index >= 15 is 0 Å². The SMILES string of the molecule is C=C(C#N)/C=C\Cc1cccc(-c2cc(-c3cccc(C/C=C\C(=C)C#N)c3)cc(-c3cccc(C/C=C\C(C#N)=C/N)c3)c2)c1. The number of benzene rings is 4. The van der Waals surface area contributed by atoms with Crippen LogP contribution in [-0.4, -0.2) is 0 Å². The van der Waals surface area contributed by atoms with E-state index in [1.54, 1.807) is 18.2 Å². The molecule has 0 atom stereocenters. The van der Waals surface area contributed by atoms with Crippen LogP contribution in [0.1, 0.15) is 16.7 Å². The fourth-order valence-corrected chi connectivity index (χ4v) is 4.96. The van der Waals surface area contributed by atoms with E-state index in [9.17, 15) is 0 Å². The van der Waals surface area contributed by atoms with Crippen molar-refractivity contribution in [3.63, 3.8) is 0 Å². The Balaban J connectivity index is 1.76. The minimum Gasteiger partial charge on any atom is -0.404 e. The smallest absolute Gasteiger partial charge is 0.101 e. The van der Waals surface area contributed by atoms with E-state index in [0.29, 0.717) is 36.0 Å². The quantitative estimate of drug-likeness (QED) is 0.130. The Hall–Kier alpha value is -6.41. The maximum atomic E-state index is 9.15. The summed E-state index contributed by atoms with van der Waals surface area (Å²) < 4.78 is 0. The molecule has 0 spiro atoms. The lowest BCUT2D eigenvalue weighted by atomic mass is 9.91. The number of nitriles is 3. The second-order valence-electron chi connectivity index (χ2n) is 10.7. The largest absolute Gasteiger partial charge is 0.404 e. The first kappa shape index (κ1) is 32.5. The van der Waals surface area contributed by atoms with Crippen LogP contribution < -0.4 is 5.73 Å². The third-order valence-corrected chi connectivity index (χ3v) is 7.31. The predicted molar refractivity (Wildman–Crippen MR) is 189 cm³/mol. The van der Waals surface area contributed by atoms with Crippen molar-refractivity contribution in [2.45, 2.75) is 19.3 Å². The summed E-state index contributed by atoms with van der Waals surface area (Å²) in [5.74, 6) is 0. The van der Waals surface area contributed by atoms with Gasteiger partial charge in [-0.1, -0.05) is 104 Å². The fraction of sp³-hybridized carbons (Fsp3) is 0.0714. The van der Waals surface area contributed by atoms with E-state index in [-0.39, 0.29) is 0 Å². The van der Waals surface area contributed by atoms with E-state index < -0.39 is 0 Å². The zero-order valence-electron chi connectivity index (χ0n) is 25.7. The summed E-state index contributed by atoms with van der Waals surface area (Å²) >= 11 is 0. The summed E-state index contributed by atoms with van der Waals surface area (Å²) in [6, 6.07) is 38.2. The number of nitrogens with two attached hydrogens (primary N) is 1. The Morgan fingerprint density at radius 1 is 0.522 bits per heavy atom. The Morgan fingerprint density at radius 3 is 1.22 bits per heavy atom. The lowest BCUT2D eigenvalue weighted by Gasteiger charge is -2.13. The van der Waals surface area contributed by atoms with Gasteiger partial charge in [-0.25, -0.2) is 0 Å². The molecule has 0 amide bonds. The van der Waals surface area contributed by atoms with Crippen molar-refractivity contribution in [2.24, 2.45) is 5.73 Å². The highest BCUT2D eigenvalue weighted by molar-refractivity contribution is 5.81. The van der Waals surface area contributed by atoms with Gasteiger partial charge in [-0.2, -0.15) is 15.8 Å². The number of hydrogen-bond donors (Lipinski definition) is 1. The molecule has 0 saturated heterocycles. The molecule has 222 valence electrons. The highest BCUT2D eigenvalue weighted by Gasteiger charge is 2.09. The second-order valence-corrected chi connectivity index (χ2v) is 10.7. The standard InChI is InChI=1S/C42H34N4/c1-31(27-43)9-3-11-33-14-6-18-37(21-33)40-24-41(38-19-7-15-34(22-38)12-4-10-32(2)28-44)26-42(25-40)39-20-8-16-35(23-39)13-5-17-36(29-45)30-46/h3-10,14-26,29H,1-2,11-13,45H2/b9-3-,10-4-,17-5-,36-29+. The second kappa shape index (κ2) is 16.4. The molecule has 4 rings (SSSR count). The minimum absolute atomic E-state index is 0.425. The van der Waals surface area contributed by atoms with Crippen molar-refractivity contribution in [1.29, 1.82) is 15.8 Å². The van der Waals surface area contributed by atoms with Crippen molar-refractivity contribution in [1.82, 2.24) is 0 Å². The molecule has 46 heavy (non-hydrogen) atoms. The van der Waals surface area contributed by atoms with E-state index in [4.69, 9.17) is 21.5 Å². The van der Waals surface area contributed by atoms with E-state index in [2.05, 4.69) is 122 Å². The van der Waals surface area contributed by atoms with Gasteiger partial charge in [-0.05, 0) is 106 Å². The molecule has 4 aromatic rings. The van der Waals surface area contributed by atoms with Crippen LogP contribution in [0.15, 0.2) is 164 Å². The predicted octanol–water partition coefficient (Wildman–Crippen LogP) is 9.51. The summed E-state index contributed by atoms with van der Waals surface area (Å²) in [4.78, 5) is 0. The van der Waals surface area contributed by atoms with Crippen molar-refractivity contribution in [3.8, 4) is 51.6 Å². The van der Waals surface area contributed by atoms with Gasteiger partial charge in [-0.3, -0.25) is 0 Å². The average molecular weight is 595 g/mol. The van der Waals surface area contributed by atoms with Gasteiger partial charge in [0.15, 0.2) is 0 Å². The van der Waals surface area contributed by atoms with Crippen molar-refractivity contribution >= 4 is 0 Å². The van der Waals surface area contributed by atoms with Gasteiger partial charge >= 0.3 is 0 Å². The van der Waals surface area contributed by atoms with Crippen LogP contribution in [0, 0.1) is 34.0 Å². The zero-order valence-corrected chi connectivity index (χ0v) is 25.7. The van der Waals surface area contributed by atoms with E-state index in [1.165, 1.54) is 6.20 Å². The van der Waals surface area contributed by atoms with Crippen LogP contribution in [0.5, 0.6) is 0 Å². The average Bonchev–Trinajstić information content (AvgIpc) is 3.10. The summed E-state index contributed by atoms with van der Waals surface area (Å²) in [5.41, 5.74) is 16.7. The number of nitrogens with zero attached hydrogens (tertiary/aromatic N) is 3. The van der Waals surface area contributed by atoms with Crippen molar-refractivity contribution in [2.75, 3.05) is 0 Å². The van der Waals surface area contributed by atoms with E-state index in [1.807, 2.05) is 18.2 Å². The van der Waals surface area contributed by atoms with Crippen LogP contribution in [0.3, 0.4) is 0 Å². The maximum absolute atomic E-state index is 9.15. The van der Waals surface area contributed by atoms with Crippen molar-refractivity contribution in [3.05, 3.63) is 180 Å². The third-order valence-electron chi connectivity index (χ3n) is 7.31. The monoisotopic (exact) mass is 594 g/mol. The molecule has 0 unspecified atom stereocenters. The van der Waals surface area contributed by atoms with Crippen LogP contribution in [0.2, 0.25) is 0 Å². The lowest BCUT2D eigenvalue weighted by Crippen LogP contribution is -1.90. The van der Waals surface area contributed by atoms with Gasteiger partial charge in [0.1, 0.15) is 6.07 Å². The van der Waals surface area contributed by atoms with Crippen LogP contribution in [0.25, 0.3) is 33.4 Å². The molecule has 0 radical (unpaired) electrons. The van der Waals surface area contributed by atoms with Gasteiger partial charge in [0.05, 0.1) is 17.7 Å². The molecule has 0 aliphatic heterocycles. The molecular weight excluding hydrogens is 560 g/mol. The third kappa shape index (κ3) is 9.29. The Morgan fingerprint density at radius 2 is 0.891 bits per heavy atom. The molecule has 0 heterocycles. The molecular formula is C42H34N4. The molecule has 4 heteroatoms. The fourth-order valence-electron chi connectivity index (χ4n) is 4.96. The number of rotatable bonds is 12. The van der Waals surface area contributed by atoms with Gasteiger partial charge in [0, 0.05) is 17.3 Å². The van der Waals surface area contributed by atoms with Crippen molar-refractivity contribution < 1.29 is 0 Å². The number of allylic oxidation sites excluding steroid dienone is 9. The normalized spacial score (nSPS) is 11.4. The van der Waals surface area contributed by atoms with Gasteiger partial charge in [0.2, 0.25) is 0 Å². The molecule has 0 aliphatic carbocycles. The first-order valence-electron chi connectivity index (χ1n) is 14.8. The molecule has 0 fully saturated rings. The minimum atomic E-state index is 0.425. The summed E-state index contributed by atoms with van der Waals surface area (Å²) in [6.07, 6.45) is 14.5. The zero-order chi connectivity index (χ0) is 32.7. The Labute approximate surface area is 272 Å². The molecule has 0 aliphatic rings. The molecule has 4 aromatic carbocycles. The van der Waals surface area contributed by atoms with E-state index in [0.717, 1.165) is 50.1 Å². The van der Waals surface area contributed by atoms with Gasteiger partial charge in [0.25, 0.3) is 0 Å². The molecule has 0 aromatic heterocycles. The van der Waals surface area contributed by atoms with Gasteiger partial charge < -0.3 is 5.73 Å². The van der Waals surface area contributed by atoms with Crippen LogP contribution in [0.4, 0.5) is 0 Å². The molecule has 0 saturated carbocycles. The summed E-state index contributed by atoms with van der Waals surface area (Å²) in [7, 11) is 0.